The molecule has 1 aromatic carbocycles. The highest BCUT2D eigenvalue weighted by atomic mass is 32.2. The van der Waals surface area contributed by atoms with Gasteiger partial charge in [-0.1, -0.05) is 36.1 Å². The van der Waals surface area contributed by atoms with Gasteiger partial charge >= 0.3 is 0 Å². The third kappa shape index (κ3) is 5.24. The molecule has 0 aliphatic heterocycles. The standard InChI is InChI=1S/C16H19N3O3S2/c1-4-10-23-16-19-18-15(24-16)17-14(20)13(5-2)22-12-8-6-11(21-3)7-9-12/h4,6-9,13H,1,5,10H2,2-3H3,(H,17,18,20)/t13-/m1/s1. The molecule has 0 bridgehead atoms. The maximum Gasteiger partial charge on any atom is 0.267 e. The van der Waals surface area contributed by atoms with Crippen molar-refractivity contribution in [3.63, 3.8) is 0 Å². The molecule has 1 aromatic heterocycles. The molecular weight excluding hydrogens is 346 g/mol. The van der Waals surface area contributed by atoms with Gasteiger partial charge in [-0.3, -0.25) is 10.1 Å². The zero-order chi connectivity index (χ0) is 17.4. The zero-order valence-electron chi connectivity index (χ0n) is 13.5. The first-order valence-electron chi connectivity index (χ1n) is 7.35. The Balaban J connectivity index is 1.94. The molecule has 1 atom stereocenters. The third-order valence-corrected chi connectivity index (χ3v) is 4.93. The fraction of sp³-hybridized carbons (Fsp3) is 0.312. The number of nitrogens with one attached hydrogen (secondary N) is 1. The van der Waals surface area contributed by atoms with Crippen LogP contribution >= 0.6 is 23.1 Å². The average molecular weight is 365 g/mol. The van der Waals surface area contributed by atoms with Gasteiger partial charge in [-0.2, -0.15) is 0 Å². The van der Waals surface area contributed by atoms with Crippen LogP contribution in [0.25, 0.3) is 0 Å². The second-order valence-electron chi connectivity index (χ2n) is 4.65. The molecule has 2 aromatic rings. The Hall–Kier alpha value is -2.06. The summed E-state index contributed by atoms with van der Waals surface area (Å²) in [7, 11) is 1.60. The van der Waals surface area contributed by atoms with Gasteiger partial charge in [0.1, 0.15) is 11.5 Å². The predicted molar refractivity (Wildman–Crippen MR) is 97.2 cm³/mol. The van der Waals surface area contributed by atoms with E-state index in [-0.39, 0.29) is 5.91 Å². The average Bonchev–Trinajstić information content (AvgIpc) is 3.05. The first-order chi connectivity index (χ1) is 11.7. The van der Waals surface area contributed by atoms with Gasteiger partial charge in [0.05, 0.1) is 7.11 Å². The molecule has 2 rings (SSSR count). The van der Waals surface area contributed by atoms with Gasteiger partial charge in [0.2, 0.25) is 5.13 Å². The Morgan fingerprint density at radius 3 is 2.71 bits per heavy atom. The second kappa shape index (κ2) is 9.29. The van der Waals surface area contributed by atoms with Gasteiger partial charge in [-0.15, -0.1) is 16.8 Å². The Kier molecular flexibility index (Phi) is 7.07. The van der Waals surface area contributed by atoms with Crippen molar-refractivity contribution in [2.45, 2.75) is 23.8 Å². The molecular formula is C16H19N3O3S2. The van der Waals surface area contributed by atoms with Crippen LogP contribution in [0.4, 0.5) is 5.13 Å². The number of amides is 1. The van der Waals surface area contributed by atoms with Crippen LogP contribution in [-0.2, 0) is 4.79 Å². The molecule has 0 spiro atoms. The highest BCUT2D eigenvalue weighted by molar-refractivity contribution is 8.01. The van der Waals surface area contributed by atoms with Crippen LogP contribution in [0.3, 0.4) is 0 Å². The summed E-state index contributed by atoms with van der Waals surface area (Å²) in [6.45, 7) is 5.55. The molecule has 1 amide bonds. The lowest BCUT2D eigenvalue weighted by Crippen LogP contribution is -2.32. The van der Waals surface area contributed by atoms with E-state index < -0.39 is 6.10 Å². The maximum absolute atomic E-state index is 12.3. The number of carbonyl (C=O) groups is 1. The fourth-order valence-corrected chi connectivity index (χ4v) is 3.29. The Morgan fingerprint density at radius 2 is 2.08 bits per heavy atom. The number of rotatable bonds is 9. The number of hydrogen-bond acceptors (Lipinski definition) is 7. The molecule has 6 nitrogen and oxygen atoms in total. The summed E-state index contributed by atoms with van der Waals surface area (Å²) >= 11 is 2.85. The van der Waals surface area contributed by atoms with Crippen LogP contribution in [0.2, 0.25) is 0 Å². The third-order valence-electron chi connectivity index (χ3n) is 2.96. The van der Waals surface area contributed by atoms with E-state index in [0.29, 0.717) is 17.3 Å². The largest absolute Gasteiger partial charge is 0.497 e. The number of benzene rings is 1. The normalized spacial score (nSPS) is 11.6. The summed E-state index contributed by atoms with van der Waals surface area (Å²) in [5.41, 5.74) is 0. The Morgan fingerprint density at radius 1 is 1.38 bits per heavy atom. The minimum Gasteiger partial charge on any atom is -0.497 e. The summed E-state index contributed by atoms with van der Waals surface area (Å²) < 4.78 is 11.6. The monoisotopic (exact) mass is 365 g/mol. The van der Waals surface area contributed by atoms with E-state index in [2.05, 4.69) is 22.1 Å². The van der Waals surface area contributed by atoms with E-state index in [1.807, 2.05) is 6.92 Å². The molecule has 0 fully saturated rings. The molecule has 0 saturated carbocycles. The van der Waals surface area contributed by atoms with E-state index in [4.69, 9.17) is 9.47 Å². The quantitative estimate of drug-likeness (QED) is 0.416. The molecule has 1 heterocycles. The number of methoxy groups -OCH3 is 1. The van der Waals surface area contributed by atoms with Gasteiger partial charge < -0.3 is 9.47 Å². The zero-order valence-corrected chi connectivity index (χ0v) is 15.2. The first kappa shape index (κ1) is 18.3. The molecule has 0 radical (unpaired) electrons. The van der Waals surface area contributed by atoms with Crippen LogP contribution in [0.15, 0.2) is 41.3 Å². The Labute approximate surface area is 149 Å². The lowest BCUT2D eigenvalue weighted by atomic mass is 10.2. The summed E-state index contributed by atoms with van der Waals surface area (Å²) in [5, 5.41) is 11.2. The van der Waals surface area contributed by atoms with Gasteiger partial charge in [0.15, 0.2) is 10.4 Å². The topological polar surface area (TPSA) is 73.3 Å². The van der Waals surface area contributed by atoms with Crippen LogP contribution in [0.5, 0.6) is 11.5 Å². The van der Waals surface area contributed by atoms with Gasteiger partial charge in [-0.25, -0.2) is 0 Å². The number of ether oxygens (including phenoxy) is 2. The fourth-order valence-electron chi connectivity index (χ4n) is 1.78. The lowest BCUT2D eigenvalue weighted by Gasteiger charge is -2.16. The summed E-state index contributed by atoms with van der Waals surface area (Å²) in [4.78, 5) is 12.3. The van der Waals surface area contributed by atoms with Crippen LogP contribution < -0.4 is 14.8 Å². The lowest BCUT2D eigenvalue weighted by molar-refractivity contribution is -0.122. The van der Waals surface area contributed by atoms with Crippen molar-refractivity contribution in [2.75, 3.05) is 18.2 Å². The van der Waals surface area contributed by atoms with Crippen molar-refractivity contribution in [1.82, 2.24) is 10.2 Å². The van der Waals surface area contributed by atoms with Crippen molar-refractivity contribution < 1.29 is 14.3 Å². The minimum absolute atomic E-state index is 0.246. The van der Waals surface area contributed by atoms with E-state index in [9.17, 15) is 4.79 Å². The molecule has 8 heteroatoms. The SMILES string of the molecule is C=CCSc1nnc(NC(=O)[C@@H](CC)Oc2ccc(OC)cc2)s1. The highest BCUT2D eigenvalue weighted by Gasteiger charge is 2.20. The van der Waals surface area contributed by atoms with Crippen molar-refractivity contribution in [3.05, 3.63) is 36.9 Å². The highest BCUT2D eigenvalue weighted by Crippen LogP contribution is 2.26. The minimum atomic E-state index is -0.605. The van der Waals surface area contributed by atoms with Crippen molar-refractivity contribution in [1.29, 1.82) is 0 Å². The second-order valence-corrected chi connectivity index (χ2v) is 6.90. The predicted octanol–water partition coefficient (Wildman–Crippen LogP) is 3.62. The van der Waals surface area contributed by atoms with Crippen molar-refractivity contribution in [3.8, 4) is 11.5 Å². The first-order valence-corrected chi connectivity index (χ1v) is 9.15. The van der Waals surface area contributed by atoms with E-state index in [0.717, 1.165) is 15.8 Å². The summed E-state index contributed by atoms with van der Waals surface area (Å²) in [6.07, 6.45) is 1.72. The number of carbonyl (C=O) groups excluding carboxylic acids is 1. The van der Waals surface area contributed by atoms with Gasteiger partial charge in [0, 0.05) is 5.75 Å². The number of aromatic nitrogens is 2. The maximum atomic E-state index is 12.3. The van der Waals surface area contributed by atoms with Crippen molar-refractivity contribution in [2.24, 2.45) is 0 Å². The molecule has 0 aliphatic rings. The molecule has 0 unspecified atom stereocenters. The number of hydrogen-bond donors (Lipinski definition) is 1. The molecule has 0 aliphatic carbocycles. The van der Waals surface area contributed by atoms with Crippen molar-refractivity contribution >= 4 is 34.1 Å². The molecule has 0 saturated heterocycles. The summed E-state index contributed by atoms with van der Waals surface area (Å²) in [6, 6.07) is 7.11. The van der Waals surface area contributed by atoms with Gasteiger partial charge in [0.25, 0.3) is 5.91 Å². The number of anilines is 1. The number of nitrogens with zero attached hydrogens (tertiary/aromatic N) is 2. The van der Waals surface area contributed by atoms with Crippen LogP contribution in [0, 0.1) is 0 Å². The summed E-state index contributed by atoms with van der Waals surface area (Å²) in [5.74, 6) is 1.85. The van der Waals surface area contributed by atoms with Gasteiger partial charge in [-0.05, 0) is 30.7 Å². The molecule has 1 N–H and O–H groups in total. The molecule has 24 heavy (non-hydrogen) atoms. The Bertz CT molecular complexity index is 673. The van der Waals surface area contributed by atoms with E-state index in [1.165, 1.54) is 23.1 Å². The molecule has 128 valence electrons. The van der Waals surface area contributed by atoms with Crippen LogP contribution in [0.1, 0.15) is 13.3 Å². The van der Waals surface area contributed by atoms with E-state index >= 15 is 0 Å². The number of thioether (sulfide) groups is 1. The smallest absolute Gasteiger partial charge is 0.267 e. The van der Waals surface area contributed by atoms with Crippen LogP contribution in [-0.4, -0.2) is 35.1 Å². The van der Waals surface area contributed by atoms with E-state index in [1.54, 1.807) is 37.5 Å².